The second-order valence-corrected chi connectivity index (χ2v) is 3.96. The van der Waals surface area contributed by atoms with Gasteiger partial charge < -0.3 is 15.2 Å². The number of rotatable bonds is 4. The molecule has 1 atom stereocenters. The van der Waals surface area contributed by atoms with Crippen molar-refractivity contribution in [1.29, 1.82) is 0 Å². The van der Waals surface area contributed by atoms with Crippen LogP contribution in [0.5, 0.6) is 0 Å². The van der Waals surface area contributed by atoms with Crippen LogP contribution >= 0.6 is 0 Å². The normalized spacial score (nSPS) is 11.9. The molecule has 1 aromatic carbocycles. The summed E-state index contributed by atoms with van der Waals surface area (Å²) in [6.07, 6.45) is 3.00. The Kier molecular flexibility index (Phi) is 4.21. The first-order valence-electron chi connectivity index (χ1n) is 5.86. The van der Waals surface area contributed by atoms with Gasteiger partial charge in [0.1, 0.15) is 5.52 Å². The Morgan fingerprint density at radius 1 is 1.35 bits per heavy atom. The van der Waals surface area contributed by atoms with Gasteiger partial charge in [-0.3, -0.25) is 14.8 Å². The van der Waals surface area contributed by atoms with Crippen molar-refractivity contribution in [3.05, 3.63) is 36.2 Å². The number of aliphatic hydroxyl groups excluding tert-OH is 1. The van der Waals surface area contributed by atoms with Crippen LogP contribution in [0.15, 0.2) is 30.6 Å². The second kappa shape index (κ2) is 6.07. The van der Waals surface area contributed by atoms with Crippen LogP contribution in [-0.2, 0) is 9.53 Å². The predicted octanol–water partition coefficient (Wildman–Crippen LogP) is -0.107. The minimum Gasteiger partial charge on any atom is -0.467 e. The molecule has 0 bridgehead atoms. The van der Waals surface area contributed by atoms with E-state index in [0.29, 0.717) is 11.0 Å². The van der Waals surface area contributed by atoms with Crippen LogP contribution in [0.4, 0.5) is 0 Å². The highest BCUT2D eigenvalue weighted by atomic mass is 16.5. The van der Waals surface area contributed by atoms with Crippen molar-refractivity contribution in [2.45, 2.75) is 6.04 Å². The number of para-hydroxylation sites is 1. The predicted molar refractivity (Wildman–Crippen MR) is 69.9 cm³/mol. The molecule has 7 nitrogen and oxygen atoms in total. The number of amides is 1. The van der Waals surface area contributed by atoms with Crippen LogP contribution in [0.25, 0.3) is 11.0 Å². The van der Waals surface area contributed by atoms with Gasteiger partial charge in [-0.15, -0.1) is 0 Å². The molecule has 0 fully saturated rings. The maximum absolute atomic E-state index is 12.2. The van der Waals surface area contributed by atoms with E-state index < -0.39 is 24.5 Å². The molecule has 0 radical (unpaired) electrons. The van der Waals surface area contributed by atoms with E-state index >= 15 is 0 Å². The van der Waals surface area contributed by atoms with Crippen molar-refractivity contribution in [2.75, 3.05) is 13.7 Å². The summed E-state index contributed by atoms with van der Waals surface area (Å²) in [5, 5.41) is 11.5. The molecule has 104 valence electrons. The van der Waals surface area contributed by atoms with Gasteiger partial charge in [0.05, 0.1) is 24.8 Å². The Morgan fingerprint density at radius 2 is 2.10 bits per heavy atom. The van der Waals surface area contributed by atoms with Gasteiger partial charge in [-0.25, -0.2) is 4.79 Å². The van der Waals surface area contributed by atoms with E-state index in [1.165, 1.54) is 19.5 Å². The van der Waals surface area contributed by atoms with Gasteiger partial charge in [-0.1, -0.05) is 6.07 Å². The van der Waals surface area contributed by atoms with Crippen LogP contribution in [-0.4, -0.2) is 46.7 Å². The fourth-order valence-electron chi connectivity index (χ4n) is 1.73. The lowest BCUT2D eigenvalue weighted by Crippen LogP contribution is -2.44. The largest absolute Gasteiger partial charge is 0.467 e. The fourth-order valence-corrected chi connectivity index (χ4v) is 1.73. The Labute approximate surface area is 114 Å². The molecule has 20 heavy (non-hydrogen) atoms. The van der Waals surface area contributed by atoms with E-state index in [0.717, 1.165) is 0 Å². The number of aliphatic hydroxyl groups is 1. The summed E-state index contributed by atoms with van der Waals surface area (Å²) in [5.74, 6) is -1.24. The highest BCUT2D eigenvalue weighted by Crippen LogP contribution is 2.13. The van der Waals surface area contributed by atoms with Crippen LogP contribution in [0, 0.1) is 0 Å². The molecular weight excluding hydrogens is 262 g/mol. The SMILES string of the molecule is COC(=O)C(CO)NC(=O)c1cccc2nccnc12. The van der Waals surface area contributed by atoms with Crippen molar-refractivity contribution in [1.82, 2.24) is 15.3 Å². The number of hydrogen-bond acceptors (Lipinski definition) is 6. The van der Waals surface area contributed by atoms with Crippen molar-refractivity contribution < 1.29 is 19.4 Å². The van der Waals surface area contributed by atoms with Gasteiger partial charge in [0.25, 0.3) is 5.91 Å². The summed E-state index contributed by atoms with van der Waals surface area (Å²) >= 11 is 0. The third-order valence-corrected chi connectivity index (χ3v) is 2.72. The number of methoxy groups -OCH3 is 1. The first kappa shape index (κ1) is 13.9. The Balaban J connectivity index is 2.30. The molecule has 2 N–H and O–H groups in total. The van der Waals surface area contributed by atoms with Gasteiger partial charge in [0.15, 0.2) is 6.04 Å². The smallest absolute Gasteiger partial charge is 0.330 e. The number of benzene rings is 1. The Hall–Kier alpha value is -2.54. The van der Waals surface area contributed by atoms with Crippen molar-refractivity contribution >= 4 is 22.9 Å². The molecule has 7 heteroatoms. The molecule has 2 aromatic rings. The van der Waals surface area contributed by atoms with Gasteiger partial charge in [-0.2, -0.15) is 0 Å². The van der Waals surface area contributed by atoms with Gasteiger partial charge in [0, 0.05) is 12.4 Å². The van der Waals surface area contributed by atoms with E-state index in [1.807, 2.05) is 0 Å². The van der Waals surface area contributed by atoms with E-state index in [4.69, 9.17) is 5.11 Å². The number of aromatic nitrogens is 2. The van der Waals surface area contributed by atoms with E-state index in [2.05, 4.69) is 20.0 Å². The summed E-state index contributed by atoms with van der Waals surface area (Å²) < 4.78 is 4.49. The van der Waals surface area contributed by atoms with Crippen LogP contribution < -0.4 is 5.32 Å². The van der Waals surface area contributed by atoms with Crippen molar-refractivity contribution in [3.63, 3.8) is 0 Å². The lowest BCUT2D eigenvalue weighted by atomic mass is 10.1. The molecule has 0 spiro atoms. The molecule has 1 aromatic heterocycles. The molecule has 1 unspecified atom stereocenters. The summed E-state index contributed by atoms with van der Waals surface area (Å²) in [5.41, 5.74) is 1.27. The summed E-state index contributed by atoms with van der Waals surface area (Å²) in [7, 11) is 1.18. The van der Waals surface area contributed by atoms with Crippen LogP contribution in [0.3, 0.4) is 0 Å². The minimum absolute atomic E-state index is 0.276. The number of carbonyl (C=O) groups excluding carboxylic acids is 2. The Morgan fingerprint density at radius 3 is 2.80 bits per heavy atom. The number of esters is 1. The number of ether oxygens (including phenoxy) is 1. The number of fused-ring (bicyclic) bond motifs is 1. The monoisotopic (exact) mass is 275 g/mol. The standard InChI is InChI=1S/C13H13N3O4/c1-20-13(19)10(7-17)16-12(18)8-3-2-4-9-11(8)15-6-5-14-9/h2-6,10,17H,7H2,1H3,(H,16,18). The van der Waals surface area contributed by atoms with Gasteiger partial charge in [-0.05, 0) is 12.1 Å². The Bertz CT molecular complexity index is 639. The molecule has 0 aliphatic rings. The second-order valence-electron chi connectivity index (χ2n) is 3.96. The van der Waals surface area contributed by atoms with Gasteiger partial charge in [0.2, 0.25) is 0 Å². The minimum atomic E-state index is -1.11. The number of hydrogen-bond donors (Lipinski definition) is 2. The van der Waals surface area contributed by atoms with Crippen molar-refractivity contribution in [2.24, 2.45) is 0 Å². The maximum Gasteiger partial charge on any atom is 0.330 e. The van der Waals surface area contributed by atoms with Gasteiger partial charge >= 0.3 is 5.97 Å². The molecule has 2 rings (SSSR count). The fraction of sp³-hybridized carbons (Fsp3) is 0.231. The average molecular weight is 275 g/mol. The molecule has 0 saturated heterocycles. The topological polar surface area (TPSA) is 101 Å². The zero-order valence-corrected chi connectivity index (χ0v) is 10.7. The lowest BCUT2D eigenvalue weighted by molar-refractivity contribution is -0.143. The molecule has 0 aliphatic carbocycles. The zero-order chi connectivity index (χ0) is 14.5. The highest BCUT2D eigenvalue weighted by molar-refractivity contribution is 6.05. The number of nitrogens with one attached hydrogen (secondary N) is 1. The van der Waals surface area contributed by atoms with Crippen LogP contribution in [0.1, 0.15) is 10.4 Å². The quantitative estimate of drug-likeness (QED) is 0.755. The summed E-state index contributed by atoms with van der Waals surface area (Å²) in [6, 6.07) is 3.85. The number of nitrogens with zero attached hydrogens (tertiary/aromatic N) is 2. The first-order valence-corrected chi connectivity index (χ1v) is 5.86. The molecule has 0 saturated carbocycles. The summed E-state index contributed by atoms with van der Waals surface area (Å²) in [4.78, 5) is 31.7. The third kappa shape index (κ3) is 2.72. The summed E-state index contributed by atoms with van der Waals surface area (Å²) in [6.45, 7) is -0.547. The molecule has 1 amide bonds. The third-order valence-electron chi connectivity index (χ3n) is 2.72. The average Bonchev–Trinajstić information content (AvgIpc) is 2.51. The first-order chi connectivity index (χ1) is 9.67. The molecular formula is C13H13N3O4. The molecule has 0 aliphatic heterocycles. The van der Waals surface area contributed by atoms with Crippen LogP contribution in [0.2, 0.25) is 0 Å². The zero-order valence-electron chi connectivity index (χ0n) is 10.7. The van der Waals surface area contributed by atoms with Crippen molar-refractivity contribution in [3.8, 4) is 0 Å². The highest BCUT2D eigenvalue weighted by Gasteiger charge is 2.22. The lowest BCUT2D eigenvalue weighted by Gasteiger charge is -2.14. The van der Waals surface area contributed by atoms with E-state index in [1.54, 1.807) is 18.2 Å². The van der Waals surface area contributed by atoms with E-state index in [9.17, 15) is 9.59 Å². The molecule has 1 heterocycles. The maximum atomic E-state index is 12.2. The van der Waals surface area contributed by atoms with E-state index in [-0.39, 0.29) is 5.56 Å². The number of carbonyl (C=O) groups is 2.